The molecule has 3 N–H and O–H groups in total. The first-order chi connectivity index (χ1) is 37.3. The number of amides is 1. The van der Waals surface area contributed by atoms with Crippen LogP contribution < -0.4 is 9.64 Å². The van der Waals surface area contributed by atoms with E-state index in [1.165, 1.54) is 38.2 Å². The van der Waals surface area contributed by atoms with Crippen molar-refractivity contribution in [3.63, 3.8) is 0 Å². The van der Waals surface area contributed by atoms with Gasteiger partial charge in [0.2, 0.25) is 12.0 Å². The first-order valence-electron chi connectivity index (χ1n) is 29.1. The second-order valence-corrected chi connectivity index (χ2v) is 23.3. The van der Waals surface area contributed by atoms with E-state index in [4.69, 9.17) is 18.9 Å². The van der Waals surface area contributed by atoms with Crippen LogP contribution >= 0.6 is 0 Å². The minimum absolute atomic E-state index is 0.0408. The van der Waals surface area contributed by atoms with E-state index in [1.54, 1.807) is 13.2 Å². The van der Waals surface area contributed by atoms with Crippen molar-refractivity contribution < 1.29 is 48.3 Å². The van der Waals surface area contributed by atoms with E-state index >= 15 is 9.59 Å². The molecule has 2 saturated heterocycles. The van der Waals surface area contributed by atoms with E-state index in [0.29, 0.717) is 106 Å². The Hall–Kier alpha value is -5.28. The zero-order chi connectivity index (χ0) is 54.6. The summed E-state index contributed by atoms with van der Waals surface area (Å²) in [7, 11) is 2.96. The number of aliphatic hydroxyl groups is 2. The highest BCUT2D eigenvalue weighted by molar-refractivity contribution is 5.96. The summed E-state index contributed by atoms with van der Waals surface area (Å²) < 4.78 is 24.9. The van der Waals surface area contributed by atoms with Gasteiger partial charge >= 0.3 is 17.9 Å². The van der Waals surface area contributed by atoms with Gasteiger partial charge in [-0.1, -0.05) is 114 Å². The molecule has 3 aromatic rings. The number of methoxy groups -OCH3 is 2. The van der Waals surface area contributed by atoms with Crippen LogP contribution in [-0.2, 0) is 50.6 Å². The number of aromatic amines is 1. The van der Waals surface area contributed by atoms with Crippen molar-refractivity contribution in [1.29, 1.82) is 0 Å². The molecule has 5 aliphatic heterocycles. The molecule has 1 saturated carbocycles. The molecule has 14 nitrogen and oxygen atoms in total. The van der Waals surface area contributed by atoms with Crippen molar-refractivity contribution in [2.24, 2.45) is 11.3 Å². The topological polar surface area (TPSA) is 171 Å². The first kappa shape index (κ1) is 56.4. The lowest BCUT2D eigenvalue weighted by atomic mass is 9.47. The number of nitrogens with one attached hydrogen (secondary N) is 1. The third kappa shape index (κ3) is 9.89. The molecule has 10 atom stereocenters. The number of nitrogens with zero attached hydrogens (tertiary/aromatic N) is 3. The third-order valence-corrected chi connectivity index (χ3v) is 18.9. The molecule has 2 bridgehead atoms. The number of hydrogen-bond acceptors (Lipinski definition) is 12. The minimum Gasteiger partial charge on any atom is -0.496 e. The lowest BCUT2D eigenvalue weighted by molar-refractivity contribution is -0.230. The zero-order valence-corrected chi connectivity index (χ0v) is 46.8. The highest BCUT2D eigenvalue weighted by Gasteiger charge is 2.81. The molecule has 3 fully saturated rings. The summed E-state index contributed by atoms with van der Waals surface area (Å²) in [5.41, 5.74) is -3.18. The number of fused-ring (bicyclic) bond motifs is 6. The maximum Gasteiger partial charge on any atom is 0.344 e. The predicted octanol–water partition coefficient (Wildman–Crippen LogP) is 9.70. The smallest absolute Gasteiger partial charge is 0.344 e. The van der Waals surface area contributed by atoms with Crippen LogP contribution in [0.1, 0.15) is 159 Å². The fourth-order valence-corrected chi connectivity index (χ4v) is 15.6. The van der Waals surface area contributed by atoms with E-state index in [9.17, 15) is 19.8 Å². The summed E-state index contributed by atoms with van der Waals surface area (Å²) in [6, 6.07) is 10.1. The number of ether oxygens (including phenoxy) is 4. The van der Waals surface area contributed by atoms with Crippen molar-refractivity contribution in [3.8, 4) is 5.75 Å². The normalized spacial score (nSPS) is 31.3. The van der Waals surface area contributed by atoms with Gasteiger partial charge in [0, 0.05) is 78.2 Å². The van der Waals surface area contributed by atoms with E-state index < -0.39 is 63.5 Å². The Kier molecular flexibility index (Phi) is 17.3. The van der Waals surface area contributed by atoms with Crippen LogP contribution in [0, 0.1) is 11.3 Å². The molecule has 1 spiro atoms. The third-order valence-electron chi connectivity index (χ3n) is 18.9. The molecular weight excluding hydrogens is 973 g/mol. The van der Waals surface area contributed by atoms with Crippen LogP contribution in [0.4, 0.5) is 5.69 Å². The van der Waals surface area contributed by atoms with Gasteiger partial charge in [-0.25, -0.2) is 4.79 Å². The fraction of sp³-hybridized carbons (Fsp3) is 0.619. The number of benzene rings is 2. The van der Waals surface area contributed by atoms with Crippen molar-refractivity contribution >= 4 is 40.9 Å². The van der Waals surface area contributed by atoms with Crippen molar-refractivity contribution in [2.45, 2.75) is 183 Å². The number of anilines is 1. The van der Waals surface area contributed by atoms with Gasteiger partial charge < -0.3 is 39.0 Å². The Morgan fingerprint density at radius 2 is 1.58 bits per heavy atom. The molecule has 2 aromatic carbocycles. The highest BCUT2D eigenvalue weighted by Crippen LogP contribution is 2.68. The number of allylic oxidation sites excluding steroid dienone is 4. The van der Waals surface area contributed by atoms with Gasteiger partial charge in [0.05, 0.1) is 38.2 Å². The van der Waals surface area contributed by atoms with Crippen molar-refractivity contribution in [1.82, 2.24) is 14.8 Å². The number of piperidine rings is 1. The molecular formula is C63H86N4O10. The van der Waals surface area contributed by atoms with Gasteiger partial charge in [0.1, 0.15) is 11.2 Å². The predicted molar refractivity (Wildman–Crippen MR) is 299 cm³/mol. The molecule has 0 radical (unpaired) electrons. The summed E-state index contributed by atoms with van der Waals surface area (Å²) in [6.07, 6.45) is 27.6. The molecule has 1 aromatic heterocycles. The second-order valence-electron chi connectivity index (χ2n) is 23.3. The Morgan fingerprint density at radius 3 is 2.29 bits per heavy atom. The Bertz CT molecular complexity index is 2720. The van der Waals surface area contributed by atoms with Gasteiger partial charge in [0.25, 0.3) is 0 Å². The van der Waals surface area contributed by atoms with E-state index in [0.717, 1.165) is 67.8 Å². The zero-order valence-electron chi connectivity index (χ0n) is 46.8. The average molecular weight is 1060 g/mol. The number of hydrogen-bond donors (Lipinski definition) is 3. The summed E-state index contributed by atoms with van der Waals surface area (Å²) in [6.45, 7) is 10.5. The Balaban J connectivity index is 1.09. The molecule has 6 aliphatic rings. The lowest BCUT2D eigenvalue weighted by Crippen LogP contribution is -2.81. The van der Waals surface area contributed by atoms with Crippen LogP contribution in [0.2, 0.25) is 0 Å². The van der Waals surface area contributed by atoms with Crippen LogP contribution in [0.25, 0.3) is 10.9 Å². The van der Waals surface area contributed by atoms with Gasteiger partial charge in [-0.05, 0) is 113 Å². The van der Waals surface area contributed by atoms with Crippen molar-refractivity contribution in [3.05, 3.63) is 95.2 Å². The molecule has 1 aliphatic carbocycles. The quantitative estimate of drug-likeness (QED) is 0.0271. The lowest BCUT2D eigenvalue weighted by Gasteiger charge is -2.63. The van der Waals surface area contributed by atoms with E-state index in [-0.39, 0.29) is 18.9 Å². The van der Waals surface area contributed by atoms with E-state index in [1.807, 2.05) is 50.3 Å². The fourth-order valence-electron chi connectivity index (χ4n) is 15.6. The summed E-state index contributed by atoms with van der Waals surface area (Å²) in [5.74, 6) is -1.96. The number of aromatic nitrogens is 1. The second kappa shape index (κ2) is 23.6. The molecule has 418 valence electrons. The molecule has 77 heavy (non-hydrogen) atoms. The highest BCUT2D eigenvalue weighted by atomic mass is 16.6. The standard InChI is InChI=1S/C63H86N4O10/c1-7-10-11-12-13-14-15-16-17-18-19-20-21-22-23-26-36-76-58(71)63(73)55-61(32-35-66-33-27-31-60(9-3,54(61)66)56(63)77-44(4)69)48-37-49(52(74-5)38-51(48)67(55)43-68)62(57(70)75-6)40-45-39-59(72,8-2)42-65(41-45)34-30-47-46-28-24-25-29-50(46)64-53(47)62/h13-14,16-17,24-25,27-29,31,37-38,43,45,54-56,64,72-73H,7-12,15,18-23,26,30,32-36,39-42H2,1-6H3/b14-13-,17-16-/t45-,54+,55-,56-,59+,60-,61-,62+,63+/m1/s1. The monoisotopic (exact) mass is 1060 g/mol. The molecule has 6 heterocycles. The molecule has 1 amide bonds. The molecule has 9 rings (SSSR count). The number of carbonyl (C=O) groups excluding carboxylic acids is 4. The van der Waals surface area contributed by atoms with Gasteiger partial charge in [0.15, 0.2) is 6.10 Å². The number of H-pyrrole nitrogens is 1. The molecule has 14 heteroatoms. The number of unbranched alkanes of at least 4 members (excludes halogenated alkanes) is 9. The average Bonchev–Trinajstić information content (AvgIpc) is 3.83. The van der Waals surface area contributed by atoms with Crippen LogP contribution in [0.5, 0.6) is 5.75 Å². The Labute approximate surface area is 456 Å². The van der Waals surface area contributed by atoms with E-state index in [2.05, 4.69) is 52.1 Å². The number of carbonyl (C=O) groups is 4. The van der Waals surface area contributed by atoms with Gasteiger partial charge in [-0.15, -0.1) is 0 Å². The van der Waals surface area contributed by atoms with Crippen molar-refractivity contribution in [2.75, 3.05) is 58.5 Å². The van der Waals surface area contributed by atoms with Crippen LogP contribution in [0.15, 0.2) is 72.9 Å². The number of rotatable bonds is 23. The first-order valence-corrected chi connectivity index (χ1v) is 29.1. The van der Waals surface area contributed by atoms with Crippen LogP contribution in [-0.4, -0.2) is 132 Å². The Morgan fingerprint density at radius 1 is 0.844 bits per heavy atom. The SMILES string of the molecule is CCCCC/C=C\C/C=C\CCCCCCCCOC(=O)[C@@]1(O)[C@H](OC(C)=O)[C@]2(CC)C=CCN3CC[C@@]4(c5cc([C@@]6(C(=O)OC)C[C@@H]7CN(CCc8c6[nH]c6ccccc86)C[C@](O)(CC)C7)c(OC)cc5N(C=O)[C@@H]14)[C@@H]32. The maximum atomic E-state index is 15.6. The minimum atomic E-state index is -2.56. The summed E-state index contributed by atoms with van der Waals surface area (Å²) in [4.78, 5) is 68.4. The van der Waals surface area contributed by atoms with Gasteiger partial charge in [-0.3, -0.25) is 24.2 Å². The van der Waals surface area contributed by atoms with Crippen LogP contribution in [0.3, 0.4) is 0 Å². The summed E-state index contributed by atoms with van der Waals surface area (Å²) in [5, 5.41) is 27.0. The largest absolute Gasteiger partial charge is 0.496 e. The molecule has 1 unspecified atom stereocenters. The summed E-state index contributed by atoms with van der Waals surface area (Å²) >= 11 is 0. The maximum absolute atomic E-state index is 15.6. The number of esters is 3. The number of para-hydroxylation sites is 1. The van der Waals surface area contributed by atoms with Gasteiger partial charge in [-0.2, -0.15) is 0 Å².